The Morgan fingerprint density at radius 2 is 1.81 bits per heavy atom. The molecule has 1 heterocycles. The SMILES string of the molecule is CC[C@H]1CCc2c(sc(NC(=O)[C@H]3CC=CC[C@@H]3C(=O)O)c2C(=O)NC2CCCC2)C1. The highest BCUT2D eigenvalue weighted by molar-refractivity contribution is 7.17. The van der Waals surface area contributed by atoms with Crippen molar-refractivity contribution in [3.8, 4) is 0 Å². The number of thiophene rings is 1. The van der Waals surface area contributed by atoms with E-state index in [1.165, 1.54) is 16.2 Å². The zero-order valence-electron chi connectivity index (χ0n) is 18.1. The van der Waals surface area contributed by atoms with Crippen molar-refractivity contribution in [2.75, 3.05) is 5.32 Å². The van der Waals surface area contributed by atoms with E-state index >= 15 is 0 Å². The molecule has 168 valence electrons. The lowest BCUT2D eigenvalue weighted by atomic mass is 9.82. The maximum atomic E-state index is 13.3. The maximum absolute atomic E-state index is 13.3. The Labute approximate surface area is 187 Å². The molecule has 7 heteroatoms. The van der Waals surface area contributed by atoms with Gasteiger partial charge in [0.2, 0.25) is 5.91 Å². The van der Waals surface area contributed by atoms with Gasteiger partial charge in [0.25, 0.3) is 5.91 Å². The summed E-state index contributed by atoms with van der Waals surface area (Å²) in [5, 5.41) is 16.3. The van der Waals surface area contributed by atoms with Crippen molar-refractivity contribution in [3.05, 3.63) is 28.2 Å². The van der Waals surface area contributed by atoms with Crippen LogP contribution in [0.25, 0.3) is 0 Å². The van der Waals surface area contributed by atoms with Crippen LogP contribution in [0.3, 0.4) is 0 Å². The van der Waals surface area contributed by atoms with E-state index in [0.29, 0.717) is 29.3 Å². The molecule has 1 saturated carbocycles. The molecule has 31 heavy (non-hydrogen) atoms. The number of carboxylic acid groups (broad SMARTS) is 1. The van der Waals surface area contributed by atoms with Crippen LogP contribution >= 0.6 is 11.3 Å². The zero-order chi connectivity index (χ0) is 22.0. The molecule has 2 amide bonds. The number of aliphatic carboxylic acids is 1. The molecule has 0 radical (unpaired) electrons. The van der Waals surface area contributed by atoms with E-state index < -0.39 is 17.8 Å². The second kappa shape index (κ2) is 9.55. The summed E-state index contributed by atoms with van der Waals surface area (Å²) in [7, 11) is 0. The van der Waals surface area contributed by atoms with Gasteiger partial charge in [0, 0.05) is 10.9 Å². The molecule has 0 aromatic carbocycles. The van der Waals surface area contributed by atoms with Crippen molar-refractivity contribution in [1.29, 1.82) is 0 Å². The fourth-order valence-corrected chi connectivity index (χ4v) is 6.60. The van der Waals surface area contributed by atoms with Gasteiger partial charge in [-0.15, -0.1) is 11.3 Å². The van der Waals surface area contributed by atoms with Crippen LogP contribution in [0, 0.1) is 17.8 Å². The van der Waals surface area contributed by atoms with Gasteiger partial charge in [-0.2, -0.15) is 0 Å². The molecule has 3 aliphatic carbocycles. The number of rotatable bonds is 6. The molecule has 0 spiro atoms. The first-order valence-electron chi connectivity index (χ1n) is 11.6. The Kier molecular flexibility index (Phi) is 6.80. The molecule has 3 N–H and O–H groups in total. The molecule has 0 saturated heterocycles. The largest absolute Gasteiger partial charge is 0.481 e. The van der Waals surface area contributed by atoms with Crippen LogP contribution in [0.2, 0.25) is 0 Å². The third-order valence-electron chi connectivity index (χ3n) is 7.19. The first-order valence-corrected chi connectivity index (χ1v) is 12.4. The van der Waals surface area contributed by atoms with E-state index in [2.05, 4.69) is 17.6 Å². The fraction of sp³-hybridized carbons (Fsp3) is 0.625. The molecular formula is C24H32N2O4S. The number of anilines is 1. The number of carbonyl (C=O) groups is 3. The number of hydrogen-bond acceptors (Lipinski definition) is 4. The summed E-state index contributed by atoms with van der Waals surface area (Å²) < 4.78 is 0. The van der Waals surface area contributed by atoms with Gasteiger partial charge in [-0.25, -0.2) is 0 Å². The number of carbonyl (C=O) groups excluding carboxylic acids is 2. The van der Waals surface area contributed by atoms with Crippen LogP contribution in [-0.4, -0.2) is 28.9 Å². The van der Waals surface area contributed by atoms with Crippen LogP contribution in [0.5, 0.6) is 0 Å². The van der Waals surface area contributed by atoms with Crippen LogP contribution < -0.4 is 10.6 Å². The molecule has 4 rings (SSSR count). The van der Waals surface area contributed by atoms with E-state index in [1.54, 1.807) is 0 Å². The highest BCUT2D eigenvalue weighted by Crippen LogP contribution is 2.41. The molecule has 3 aliphatic rings. The van der Waals surface area contributed by atoms with Crippen LogP contribution in [0.4, 0.5) is 5.00 Å². The van der Waals surface area contributed by atoms with E-state index in [4.69, 9.17) is 0 Å². The van der Waals surface area contributed by atoms with Crippen molar-refractivity contribution >= 4 is 34.1 Å². The first-order chi connectivity index (χ1) is 15.0. The molecular weight excluding hydrogens is 412 g/mol. The minimum Gasteiger partial charge on any atom is -0.481 e. The van der Waals surface area contributed by atoms with Gasteiger partial charge in [-0.3, -0.25) is 14.4 Å². The predicted octanol–water partition coefficient (Wildman–Crippen LogP) is 4.54. The Hall–Kier alpha value is -2.15. The van der Waals surface area contributed by atoms with Crippen molar-refractivity contribution in [2.24, 2.45) is 17.8 Å². The molecule has 1 fully saturated rings. The molecule has 1 aromatic heterocycles. The van der Waals surface area contributed by atoms with Crippen LogP contribution in [0.15, 0.2) is 12.2 Å². The standard InChI is InChI=1S/C24H32N2O4S/c1-2-14-11-12-18-19(13-14)31-23(20(18)22(28)25-15-7-3-4-8-15)26-21(27)16-9-5-6-10-17(16)24(29)30/h5-6,14-17H,2-4,7-13H2,1H3,(H,25,28)(H,26,27)(H,29,30)/t14-,16-,17-/m0/s1. The topological polar surface area (TPSA) is 95.5 Å². The quantitative estimate of drug-likeness (QED) is 0.561. The average molecular weight is 445 g/mol. The molecule has 6 nitrogen and oxygen atoms in total. The maximum Gasteiger partial charge on any atom is 0.307 e. The summed E-state index contributed by atoms with van der Waals surface area (Å²) in [4.78, 5) is 39.2. The summed E-state index contributed by atoms with van der Waals surface area (Å²) in [6, 6.07) is 0.207. The highest BCUT2D eigenvalue weighted by atomic mass is 32.1. The van der Waals surface area contributed by atoms with Crippen LogP contribution in [-0.2, 0) is 22.4 Å². The van der Waals surface area contributed by atoms with Crippen molar-refractivity contribution < 1.29 is 19.5 Å². The highest BCUT2D eigenvalue weighted by Gasteiger charge is 2.36. The van der Waals surface area contributed by atoms with Crippen molar-refractivity contribution in [1.82, 2.24) is 5.32 Å². The van der Waals surface area contributed by atoms with E-state index in [-0.39, 0.29) is 17.9 Å². The number of fused-ring (bicyclic) bond motifs is 1. The lowest BCUT2D eigenvalue weighted by Crippen LogP contribution is -2.36. The third kappa shape index (κ3) is 4.71. The second-order valence-electron chi connectivity index (χ2n) is 9.16. The number of allylic oxidation sites excluding steroid dienone is 2. The normalized spacial score (nSPS) is 25.8. The Bertz CT molecular complexity index is 884. The van der Waals surface area contributed by atoms with Crippen molar-refractivity contribution in [2.45, 2.75) is 77.2 Å². The smallest absolute Gasteiger partial charge is 0.307 e. The lowest BCUT2D eigenvalue weighted by molar-refractivity contribution is -0.146. The van der Waals surface area contributed by atoms with Gasteiger partial charge in [0.15, 0.2) is 0 Å². The zero-order valence-corrected chi connectivity index (χ0v) is 18.9. The minimum absolute atomic E-state index is 0.0898. The van der Waals surface area contributed by atoms with Gasteiger partial charge < -0.3 is 15.7 Å². The molecule has 1 aromatic rings. The first kappa shape index (κ1) is 22.1. The molecule has 0 unspecified atom stereocenters. The summed E-state index contributed by atoms with van der Waals surface area (Å²) >= 11 is 1.51. The van der Waals surface area contributed by atoms with E-state index in [9.17, 15) is 19.5 Å². The summed E-state index contributed by atoms with van der Waals surface area (Å²) in [6.45, 7) is 2.20. The van der Waals surface area contributed by atoms with Gasteiger partial charge in [0.05, 0.1) is 17.4 Å². The Balaban J connectivity index is 1.60. The van der Waals surface area contributed by atoms with Gasteiger partial charge in [0.1, 0.15) is 5.00 Å². The third-order valence-corrected chi connectivity index (χ3v) is 8.36. The Morgan fingerprint density at radius 1 is 1.10 bits per heavy atom. The number of amides is 2. The molecule has 0 bridgehead atoms. The van der Waals surface area contributed by atoms with Gasteiger partial charge >= 0.3 is 5.97 Å². The van der Waals surface area contributed by atoms with Gasteiger partial charge in [-0.1, -0.05) is 38.3 Å². The van der Waals surface area contributed by atoms with E-state index in [1.807, 2.05) is 12.2 Å². The van der Waals surface area contributed by atoms with Crippen molar-refractivity contribution in [3.63, 3.8) is 0 Å². The average Bonchev–Trinajstić information content (AvgIpc) is 3.40. The number of nitrogens with one attached hydrogen (secondary N) is 2. The predicted molar refractivity (Wildman–Crippen MR) is 121 cm³/mol. The van der Waals surface area contributed by atoms with E-state index in [0.717, 1.165) is 56.9 Å². The summed E-state index contributed by atoms with van der Waals surface area (Å²) in [5.74, 6) is -2.05. The minimum atomic E-state index is -0.944. The lowest BCUT2D eigenvalue weighted by Gasteiger charge is -2.24. The number of hydrogen-bond donors (Lipinski definition) is 3. The summed E-state index contributed by atoms with van der Waals surface area (Å²) in [6.07, 6.45) is 12.7. The summed E-state index contributed by atoms with van der Waals surface area (Å²) in [5.41, 5.74) is 1.70. The van der Waals surface area contributed by atoms with Gasteiger partial charge in [-0.05, 0) is 56.4 Å². The Morgan fingerprint density at radius 3 is 2.48 bits per heavy atom. The fourth-order valence-electron chi connectivity index (χ4n) is 5.24. The second-order valence-corrected chi connectivity index (χ2v) is 10.3. The molecule has 3 atom stereocenters. The van der Waals surface area contributed by atoms with Crippen LogP contribution in [0.1, 0.15) is 79.1 Å². The molecule has 0 aliphatic heterocycles. The number of carboxylic acids is 1. The monoisotopic (exact) mass is 444 g/mol.